The van der Waals surface area contributed by atoms with Crippen LogP contribution in [0.1, 0.15) is 13.8 Å². The minimum absolute atomic E-state index is 0.623. The van der Waals surface area contributed by atoms with Crippen LogP contribution in [0.4, 0.5) is 0 Å². The summed E-state index contributed by atoms with van der Waals surface area (Å²) in [7, 11) is 1.62. The highest BCUT2D eigenvalue weighted by Gasteiger charge is 2.12. The summed E-state index contributed by atoms with van der Waals surface area (Å²) in [5.74, 6) is 0. The van der Waals surface area contributed by atoms with Gasteiger partial charge in [0.25, 0.3) is 0 Å². The summed E-state index contributed by atoms with van der Waals surface area (Å²) in [5, 5.41) is 0. The highest BCUT2D eigenvalue weighted by molar-refractivity contribution is 7.16. The molecule has 0 atom stereocenters. The summed E-state index contributed by atoms with van der Waals surface area (Å²) < 4.78 is 0. The van der Waals surface area contributed by atoms with Crippen LogP contribution in [-0.2, 0) is 0 Å². The molecule has 0 aliphatic heterocycles. The Morgan fingerprint density at radius 1 is 1.29 bits per heavy atom. The lowest BCUT2D eigenvalue weighted by molar-refractivity contribution is 1.30. The first-order chi connectivity index (χ1) is 3.12. The van der Waals surface area contributed by atoms with E-state index in [1.165, 1.54) is 12.1 Å². The van der Waals surface area contributed by atoms with Gasteiger partial charge in [-0.1, -0.05) is 32.5 Å². The average Bonchev–Trinajstić information content (AvgIpc) is 1.68. The van der Waals surface area contributed by atoms with Crippen LogP contribution < -0.4 is 0 Å². The second-order valence-electron chi connectivity index (χ2n) is 2.52. The van der Waals surface area contributed by atoms with Gasteiger partial charge in [0.1, 0.15) is 0 Å². The molecule has 0 nitrogen and oxygen atoms in total. The molecule has 0 aliphatic rings. The molecule has 0 unspecified atom stereocenters. The summed E-state index contributed by atoms with van der Waals surface area (Å²) in [4.78, 5) is 0. The van der Waals surface area contributed by atoms with Crippen molar-refractivity contribution in [1.82, 2.24) is 0 Å². The van der Waals surface area contributed by atoms with Crippen LogP contribution in [0.15, 0.2) is 0 Å². The van der Waals surface area contributed by atoms with Crippen LogP contribution in [0, 0.1) is 0 Å². The van der Waals surface area contributed by atoms with Crippen LogP contribution in [0.3, 0.4) is 0 Å². The molecule has 0 heterocycles. The van der Waals surface area contributed by atoms with Crippen molar-refractivity contribution in [2.75, 3.05) is 0 Å². The SMILES string of the molecule is CC[Si](C)([SiH2])CC. The summed E-state index contributed by atoms with van der Waals surface area (Å²) in [5.41, 5.74) is 0. The number of hydrogen-bond acceptors (Lipinski definition) is 0. The Kier molecular flexibility index (Phi) is 2.84. The molecule has 0 amide bonds. The molecule has 2 heteroatoms. The molecule has 0 aromatic heterocycles. The van der Waals surface area contributed by atoms with Crippen molar-refractivity contribution < 1.29 is 0 Å². The zero-order chi connectivity index (χ0) is 5.91. The molecule has 0 fully saturated rings. The number of rotatable bonds is 2. The lowest BCUT2D eigenvalue weighted by Crippen LogP contribution is -2.27. The maximum absolute atomic E-state index is 2.45. The predicted octanol–water partition coefficient (Wildman–Crippen LogP) is 1.23. The van der Waals surface area contributed by atoms with Crippen molar-refractivity contribution in [2.24, 2.45) is 0 Å². The summed E-state index contributed by atoms with van der Waals surface area (Å²) in [6.07, 6.45) is 0. The molecule has 0 saturated heterocycles. The lowest BCUT2D eigenvalue weighted by atomic mass is 10.9. The van der Waals surface area contributed by atoms with Gasteiger partial charge in [-0.05, 0) is 0 Å². The molecule has 0 N–H and O–H groups in total. The molecule has 7 heavy (non-hydrogen) atoms. The highest BCUT2D eigenvalue weighted by atomic mass is 29.2. The van der Waals surface area contributed by atoms with Crippen LogP contribution in [0.2, 0.25) is 18.6 Å². The molecule has 0 aromatic rings. The fraction of sp³-hybridized carbons (Fsp3) is 1.00. The van der Waals surface area contributed by atoms with E-state index in [0.29, 0.717) is 0 Å². The third kappa shape index (κ3) is 3.06. The van der Waals surface area contributed by atoms with Crippen LogP contribution in [0.5, 0.6) is 0 Å². The van der Waals surface area contributed by atoms with Gasteiger partial charge in [-0.3, -0.25) is 0 Å². The molecule has 0 bridgehead atoms. The van der Waals surface area contributed by atoms with Crippen molar-refractivity contribution in [1.29, 1.82) is 0 Å². The Morgan fingerprint density at radius 3 is 1.57 bits per heavy atom. The molecule has 0 rings (SSSR count). The van der Waals surface area contributed by atoms with Gasteiger partial charge in [-0.25, -0.2) is 0 Å². The first kappa shape index (κ1) is 7.43. The van der Waals surface area contributed by atoms with E-state index in [9.17, 15) is 0 Å². The van der Waals surface area contributed by atoms with Gasteiger partial charge >= 0.3 is 0 Å². The first-order valence-corrected chi connectivity index (χ1v) is 8.22. The van der Waals surface area contributed by atoms with Gasteiger partial charge < -0.3 is 0 Å². The third-order valence-electron chi connectivity index (χ3n) is 1.71. The molecule has 0 aliphatic carbocycles. The summed E-state index contributed by atoms with van der Waals surface area (Å²) in [6, 6.07) is 2.89. The van der Waals surface area contributed by atoms with Crippen LogP contribution in [0.25, 0.3) is 0 Å². The monoisotopic (exact) mass is 131 g/mol. The van der Waals surface area contributed by atoms with Gasteiger partial charge in [-0.2, -0.15) is 0 Å². The topological polar surface area (TPSA) is 0 Å². The van der Waals surface area contributed by atoms with E-state index in [-0.39, 0.29) is 0 Å². The largest absolute Gasteiger partial charge is 0.0718 e. The molecular weight excluding hydrogens is 116 g/mol. The van der Waals surface area contributed by atoms with E-state index in [2.05, 4.69) is 30.2 Å². The molecule has 1 radical (unpaired) electrons. The smallest absolute Gasteiger partial charge is 0.0332 e. The Hall–Kier alpha value is 0.434. The third-order valence-corrected chi connectivity index (χ3v) is 8.12. The van der Waals surface area contributed by atoms with Gasteiger partial charge in [-0.15, -0.1) is 0 Å². The van der Waals surface area contributed by atoms with E-state index >= 15 is 0 Å². The van der Waals surface area contributed by atoms with Crippen molar-refractivity contribution >= 4 is 17.4 Å². The Balaban J connectivity index is 3.36. The molecule has 0 aromatic carbocycles. The van der Waals surface area contributed by atoms with Gasteiger partial charge in [0.05, 0.1) is 0 Å². The Morgan fingerprint density at radius 2 is 1.57 bits per heavy atom. The lowest BCUT2D eigenvalue weighted by Gasteiger charge is -2.15. The van der Waals surface area contributed by atoms with Gasteiger partial charge in [0.15, 0.2) is 0 Å². The first-order valence-electron chi connectivity index (χ1n) is 2.97. The standard InChI is InChI=1S/C5H15Si2/c1-4-7(3,6)5-2/h4-6H2,1-3H3. The van der Waals surface area contributed by atoms with Crippen molar-refractivity contribution in [3.05, 3.63) is 0 Å². The van der Waals surface area contributed by atoms with E-state index in [1.54, 1.807) is 0 Å². The minimum atomic E-state index is -0.623. The van der Waals surface area contributed by atoms with E-state index < -0.39 is 7.59 Å². The van der Waals surface area contributed by atoms with Gasteiger partial charge in [0, 0.05) is 17.4 Å². The maximum atomic E-state index is 2.45. The average molecular weight is 131 g/mol. The van der Waals surface area contributed by atoms with Crippen molar-refractivity contribution in [3.8, 4) is 0 Å². The molecule has 0 saturated carbocycles. The fourth-order valence-electron chi connectivity index (χ4n) is 0.250. The molecular formula is C5H15Si2. The van der Waals surface area contributed by atoms with Crippen molar-refractivity contribution in [2.45, 2.75) is 32.5 Å². The van der Waals surface area contributed by atoms with Crippen molar-refractivity contribution in [3.63, 3.8) is 0 Å². The second-order valence-corrected chi connectivity index (χ2v) is 12.7. The molecule has 43 valence electrons. The highest BCUT2D eigenvalue weighted by Crippen LogP contribution is 2.07. The van der Waals surface area contributed by atoms with E-state index in [0.717, 1.165) is 0 Å². The zero-order valence-electron chi connectivity index (χ0n) is 5.62. The minimum Gasteiger partial charge on any atom is -0.0718 e. The Labute approximate surface area is 50.5 Å². The quantitative estimate of drug-likeness (QED) is 0.495. The Bertz CT molecular complexity index is 44.0. The normalized spacial score (nSPS) is 12.0. The summed E-state index contributed by atoms with van der Waals surface area (Å²) in [6.45, 7) is 7.07. The number of hydrogen-bond donors (Lipinski definition) is 0. The fourth-order valence-corrected chi connectivity index (χ4v) is 0.750. The van der Waals surface area contributed by atoms with Crippen LogP contribution >= 0.6 is 0 Å². The zero-order valence-corrected chi connectivity index (χ0v) is 8.04. The van der Waals surface area contributed by atoms with E-state index in [4.69, 9.17) is 0 Å². The predicted molar refractivity (Wildman–Crippen MR) is 41.1 cm³/mol. The maximum Gasteiger partial charge on any atom is 0.0332 e. The summed E-state index contributed by atoms with van der Waals surface area (Å²) >= 11 is 0. The molecule has 0 spiro atoms. The van der Waals surface area contributed by atoms with E-state index in [1.807, 2.05) is 0 Å². The second kappa shape index (κ2) is 2.67. The van der Waals surface area contributed by atoms with Gasteiger partial charge in [0.2, 0.25) is 0 Å². The van der Waals surface area contributed by atoms with Crippen LogP contribution in [-0.4, -0.2) is 17.4 Å².